The maximum absolute atomic E-state index is 12.5. The van der Waals surface area contributed by atoms with Crippen LogP contribution >= 0.6 is 11.6 Å². The smallest absolute Gasteiger partial charge is 0.349 e. The van der Waals surface area contributed by atoms with Gasteiger partial charge in [-0.1, -0.05) is 29.8 Å². The van der Waals surface area contributed by atoms with Crippen molar-refractivity contribution in [3.63, 3.8) is 0 Å². The molecular formula is C22H14ClNO4. The second kappa shape index (κ2) is 7.58. The number of carbonyl (C=O) groups excluding carboxylic acids is 1. The third-order valence-corrected chi connectivity index (χ3v) is 4.30. The molecular weight excluding hydrogens is 378 g/mol. The van der Waals surface area contributed by atoms with E-state index in [4.69, 9.17) is 20.8 Å². The van der Waals surface area contributed by atoms with Gasteiger partial charge in [0.1, 0.15) is 22.6 Å². The zero-order chi connectivity index (χ0) is 19.5. The average Bonchev–Trinajstić information content (AvgIpc) is 2.70. The van der Waals surface area contributed by atoms with Crippen LogP contribution in [0.5, 0.6) is 11.5 Å². The van der Waals surface area contributed by atoms with Crippen LogP contribution in [0.1, 0.15) is 10.4 Å². The quantitative estimate of drug-likeness (QED) is 0.467. The van der Waals surface area contributed by atoms with Crippen LogP contribution in [-0.2, 0) is 0 Å². The number of hydrogen-bond acceptors (Lipinski definition) is 4. The summed E-state index contributed by atoms with van der Waals surface area (Å²) >= 11 is 5.85. The Balaban J connectivity index is 1.49. The molecule has 3 aromatic carbocycles. The predicted octanol–water partition coefficient (Wildman–Crippen LogP) is 5.49. The largest absolute Gasteiger partial charge is 0.457 e. The van der Waals surface area contributed by atoms with Crippen LogP contribution < -0.4 is 15.7 Å². The second-order valence-corrected chi connectivity index (χ2v) is 6.46. The molecule has 1 heterocycles. The van der Waals surface area contributed by atoms with Crippen molar-refractivity contribution in [2.45, 2.75) is 0 Å². The van der Waals surface area contributed by atoms with E-state index in [1.165, 1.54) is 6.07 Å². The van der Waals surface area contributed by atoms with E-state index < -0.39 is 11.5 Å². The molecule has 0 saturated carbocycles. The Morgan fingerprint density at radius 3 is 2.25 bits per heavy atom. The molecule has 138 valence electrons. The summed E-state index contributed by atoms with van der Waals surface area (Å²) in [5.41, 5.74) is 0.229. The molecule has 28 heavy (non-hydrogen) atoms. The number of ether oxygens (including phenoxy) is 1. The first-order valence-electron chi connectivity index (χ1n) is 8.46. The summed E-state index contributed by atoms with van der Waals surface area (Å²) in [4.78, 5) is 24.6. The van der Waals surface area contributed by atoms with Crippen molar-refractivity contribution < 1.29 is 13.9 Å². The predicted molar refractivity (Wildman–Crippen MR) is 108 cm³/mol. The number of nitrogens with one attached hydrogen (secondary N) is 1. The van der Waals surface area contributed by atoms with Gasteiger partial charge < -0.3 is 14.5 Å². The fourth-order valence-corrected chi connectivity index (χ4v) is 2.79. The normalized spacial score (nSPS) is 10.6. The van der Waals surface area contributed by atoms with Gasteiger partial charge in [-0.15, -0.1) is 0 Å². The lowest BCUT2D eigenvalue weighted by Gasteiger charge is -2.08. The lowest BCUT2D eigenvalue weighted by molar-refractivity contribution is 0.102. The molecule has 0 fully saturated rings. The zero-order valence-electron chi connectivity index (χ0n) is 14.5. The Kier molecular flexibility index (Phi) is 4.83. The van der Waals surface area contributed by atoms with Gasteiger partial charge in [0.15, 0.2) is 0 Å². The molecule has 0 bridgehead atoms. The van der Waals surface area contributed by atoms with E-state index in [1.807, 2.05) is 6.07 Å². The molecule has 0 atom stereocenters. The van der Waals surface area contributed by atoms with Crippen molar-refractivity contribution in [1.29, 1.82) is 0 Å². The summed E-state index contributed by atoms with van der Waals surface area (Å²) in [5, 5.41) is 4.00. The number of carbonyl (C=O) groups is 1. The van der Waals surface area contributed by atoms with Crippen LogP contribution in [0.3, 0.4) is 0 Å². The lowest BCUT2D eigenvalue weighted by atomic mass is 10.1. The molecule has 0 aliphatic rings. The highest BCUT2D eigenvalue weighted by atomic mass is 35.5. The summed E-state index contributed by atoms with van der Waals surface area (Å²) < 4.78 is 10.9. The van der Waals surface area contributed by atoms with Gasteiger partial charge in [-0.3, -0.25) is 4.79 Å². The van der Waals surface area contributed by atoms with Crippen molar-refractivity contribution in [2.75, 3.05) is 5.32 Å². The molecule has 0 saturated heterocycles. The van der Waals surface area contributed by atoms with Crippen LogP contribution in [-0.4, -0.2) is 5.91 Å². The van der Waals surface area contributed by atoms with Gasteiger partial charge in [0.05, 0.1) is 0 Å². The maximum Gasteiger partial charge on any atom is 0.349 e. The zero-order valence-corrected chi connectivity index (χ0v) is 15.3. The van der Waals surface area contributed by atoms with Crippen LogP contribution in [0.4, 0.5) is 5.69 Å². The first-order valence-corrected chi connectivity index (χ1v) is 8.84. The summed E-state index contributed by atoms with van der Waals surface area (Å²) in [7, 11) is 0. The molecule has 1 amide bonds. The van der Waals surface area contributed by atoms with Crippen LogP contribution in [0.25, 0.3) is 11.0 Å². The average molecular weight is 392 g/mol. The fraction of sp³-hybridized carbons (Fsp3) is 0. The van der Waals surface area contributed by atoms with Crippen LogP contribution in [0.15, 0.2) is 88.1 Å². The molecule has 0 unspecified atom stereocenters. The Morgan fingerprint density at radius 2 is 1.54 bits per heavy atom. The van der Waals surface area contributed by atoms with Gasteiger partial charge in [0.2, 0.25) is 0 Å². The maximum atomic E-state index is 12.5. The van der Waals surface area contributed by atoms with E-state index in [1.54, 1.807) is 66.7 Å². The molecule has 6 heteroatoms. The van der Waals surface area contributed by atoms with Crippen molar-refractivity contribution in [2.24, 2.45) is 0 Å². The van der Waals surface area contributed by atoms with Crippen LogP contribution in [0.2, 0.25) is 5.02 Å². The number of benzene rings is 3. The monoisotopic (exact) mass is 391 g/mol. The second-order valence-electron chi connectivity index (χ2n) is 6.02. The highest BCUT2D eigenvalue weighted by Gasteiger charge is 2.14. The molecule has 1 aromatic heterocycles. The summed E-state index contributed by atoms with van der Waals surface area (Å²) in [6, 6.07) is 22.3. The number of amides is 1. The standard InChI is InChI=1S/C22H14ClNO4/c23-15-5-9-17(10-6-15)27-18-11-7-16(8-12-18)24-21(25)19-13-14-3-1-2-4-20(14)28-22(19)26/h1-13H,(H,24,25). The Bertz CT molecular complexity index is 1200. The third-order valence-electron chi connectivity index (χ3n) is 4.05. The number of anilines is 1. The van der Waals surface area contributed by atoms with Crippen molar-refractivity contribution >= 4 is 34.2 Å². The third kappa shape index (κ3) is 3.89. The number of fused-ring (bicyclic) bond motifs is 1. The first-order chi connectivity index (χ1) is 13.6. The highest BCUT2D eigenvalue weighted by molar-refractivity contribution is 6.30. The number of halogens is 1. The molecule has 4 rings (SSSR count). The molecule has 0 aliphatic heterocycles. The molecule has 5 nitrogen and oxygen atoms in total. The van der Waals surface area contributed by atoms with Gasteiger partial charge >= 0.3 is 5.63 Å². The van der Waals surface area contributed by atoms with Crippen molar-refractivity contribution in [3.05, 3.63) is 99.9 Å². The molecule has 0 radical (unpaired) electrons. The lowest BCUT2D eigenvalue weighted by Crippen LogP contribution is -2.20. The van der Waals surface area contributed by atoms with E-state index in [2.05, 4.69) is 5.32 Å². The minimum absolute atomic E-state index is 0.0554. The Labute approximate surface area is 165 Å². The molecule has 1 N–H and O–H groups in total. The highest BCUT2D eigenvalue weighted by Crippen LogP contribution is 2.24. The van der Waals surface area contributed by atoms with Crippen molar-refractivity contribution in [1.82, 2.24) is 0 Å². The van der Waals surface area contributed by atoms with Gasteiger partial charge in [0, 0.05) is 16.1 Å². The molecule has 0 aliphatic carbocycles. The van der Waals surface area contributed by atoms with Gasteiger partial charge in [-0.05, 0) is 60.7 Å². The minimum atomic E-state index is -0.682. The summed E-state index contributed by atoms with van der Waals surface area (Å²) in [6.45, 7) is 0. The topological polar surface area (TPSA) is 68.5 Å². The first kappa shape index (κ1) is 17.8. The molecule has 0 spiro atoms. The number of rotatable bonds is 4. The Hall–Kier alpha value is -3.57. The van der Waals surface area contributed by atoms with Crippen molar-refractivity contribution in [3.8, 4) is 11.5 Å². The van der Waals surface area contributed by atoms with E-state index >= 15 is 0 Å². The Morgan fingerprint density at radius 1 is 0.893 bits per heavy atom. The van der Waals surface area contributed by atoms with Gasteiger partial charge in [-0.2, -0.15) is 0 Å². The van der Waals surface area contributed by atoms with E-state index in [0.29, 0.717) is 33.2 Å². The number of hydrogen-bond donors (Lipinski definition) is 1. The van der Waals surface area contributed by atoms with E-state index in [9.17, 15) is 9.59 Å². The minimum Gasteiger partial charge on any atom is -0.457 e. The van der Waals surface area contributed by atoms with Crippen LogP contribution in [0, 0.1) is 0 Å². The van der Waals surface area contributed by atoms with E-state index in [0.717, 1.165) is 0 Å². The number of para-hydroxylation sites is 1. The van der Waals surface area contributed by atoms with Gasteiger partial charge in [0.25, 0.3) is 5.91 Å². The molecule has 4 aromatic rings. The summed E-state index contributed by atoms with van der Waals surface area (Å²) in [5.74, 6) is 0.714. The summed E-state index contributed by atoms with van der Waals surface area (Å²) in [6.07, 6.45) is 0. The van der Waals surface area contributed by atoms with E-state index in [-0.39, 0.29) is 5.56 Å². The SMILES string of the molecule is O=C(Nc1ccc(Oc2ccc(Cl)cc2)cc1)c1cc2ccccc2oc1=O. The van der Waals surface area contributed by atoms with Gasteiger partial charge in [-0.25, -0.2) is 4.79 Å². The fourth-order valence-electron chi connectivity index (χ4n) is 2.66.